The smallest absolute Gasteiger partial charge is 0.342 e. The van der Waals surface area contributed by atoms with Gasteiger partial charge >= 0.3 is 16.1 Å². The predicted octanol–water partition coefficient (Wildman–Crippen LogP) is 1.17. The molecule has 0 bridgehead atoms. The molecule has 0 aromatic heterocycles. The highest BCUT2D eigenvalue weighted by Gasteiger charge is 2.53. The number of methoxy groups -OCH3 is 1. The molecular weight excluding hydrogens is 410 g/mol. The third-order valence-corrected chi connectivity index (χ3v) is 9.11. The number of hydrogen-bond acceptors (Lipinski definition) is 9. The van der Waals surface area contributed by atoms with Gasteiger partial charge in [-0.1, -0.05) is 31.5 Å². The van der Waals surface area contributed by atoms with E-state index in [4.69, 9.17) is 9.02 Å². The summed E-state index contributed by atoms with van der Waals surface area (Å²) in [5, 5.41) is 1.19. The maximum atomic E-state index is 13.1. The fraction of sp³-hybridized carbons (Fsp3) is 0.588. The summed E-state index contributed by atoms with van der Waals surface area (Å²) in [5.41, 5.74) is 0.368. The summed E-state index contributed by atoms with van der Waals surface area (Å²) in [4.78, 5) is 11.9. The van der Waals surface area contributed by atoms with Crippen LogP contribution in [0.25, 0.3) is 0 Å². The Hall–Kier alpha value is -1.53. The number of unbranched alkanes of at least 4 members (excludes halogenated alkanes) is 1. The van der Waals surface area contributed by atoms with Crippen LogP contribution in [0.2, 0.25) is 0 Å². The van der Waals surface area contributed by atoms with E-state index in [1.165, 1.54) is 17.2 Å². The number of sulfone groups is 1. The number of rotatable bonds is 5. The van der Waals surface area contributed by atoms with E-state index in [9.17, 15) is 21.6 Å². The van der Waals surface area contributed by atoms with Gasteiger partial charge in [-0.3, -0.25) is 0 Å². The topological polar surface area (TPSA) is 116 Å². The second-order valence-electron chi connectivity index (χ2n) is 6.70. The fourth-order valence-corrected chi connectivity index (χ4v) is 7.33. The van der Waals surface area contributed by atoms with Crippen molar-refractivity contribution in [1.29, 1.82) is 0 Å². The van der Waals surface area contributed by atoms with Crippen molar-refractivity contribution in [1.82, 2.24) is 5.06 Å². The maximum absolute atomic E-state index is 13.1. The molecule has 0 N–H and O–H groups in total. The molecule has 2 heterocycles. The highest BCUT2D eigenvalue weighted by atomic mass is 32.3. The number of benzene rings is 1. The van der Waals surface area contributed by atoms with Crippen LogP contribution in [0.5, 0.6) is 0 Å². The van der Waals surface area contributed by atoms with Crippen LogP contribution >= 0.6 is 0 Å². The largest absolute Gasteiger partial charge is 0.467 e. The van der Waals surface area contributed by atoms with Crippen LogP contribution in [0.3, 0.4) is 0 Å². The Morgan fingerprint density at radius 2 is 1.96 bits per heavy atom. The lowest BCUT2D eigenvalue weighted by atomic mass is 10.0. The summed E-state index contributed by atoms with van der Waals surface area (Å²) in [7, 11) is -8.51. The number of nitrogens with zero attached hydrogens (tertiary/aromatic N) is 1. The van der Waals surface area contributed by atoms with Gasteiger partial charge in [0.15, 0.2) is 0 Å². The molecule has 0 saturated carbocycles. The molecule has 1 fully saturated rings. The number of carbonyl (C=O) groups excluding carboxylic acids is 1. The summed E-state index contributed by atoms with van der Waals surface area (Å²) < 4.78 is 64.4. The molecular formula is C17H23NO8S2. The van der Waals surface area contributed by atoms with Gasteiger partial charge in [0.2, 0.25) is 9.84 Å². The third-order valence-electron chi connectivity index (χ3n) is 4.79. The van der Waals surface area contributed by atoms with Crippen LogP contribution in [-0.2, 0) is 38.5 Å². The minimum atomic E-state index is -4.84. The Kier molecular flexibility index (Phi) is 6.11. The van der Waals surface area contributed by atoms with Gasteiger partial charge in [-0.25, -0.2) is 13.2 Å². The van der Waals surface area contributed by atoms with Gasteiger partial charge in [0, 0.05) is 6.61 Å². The quantitative estimate of drug-likeness (QED) is 0.498. The first-order chi connectivity index (χ1) is 13.2. The van der Waals surface area contributed by atoms with E-state index in [0.29, 0.717) is 18.6 Å². The van der Waals surface area contributed by atoms with Crippen molar-refractivity contribution >= 4 is 25.9 Å². The summed E-state index contributed by atoms with van der Waals surface area (Å²) in [5.74, 6) is -1.41. The van der Waals surface area contributed by atoms with Gasteiger partial charge in [-0.15, -0.1) is 0 Å². The van der Waals surface area contributed by atoms with Crippen molar-refractivity contribution in [2.75, 3.05) is 20.3 Å². The Balaban J connectivity index is 2.08. The number of carbonyl (C=O) groups is 1. The normalized spacial score (nSPS) is 28.6. The van der Waals surface area contributed by atoms with Gasteiger partial charge in [-0.2, -0.15) is 17.8 Å². The molecule has 9 nitrogen and oxygen atoms in total. The number of fused-ring (bicyclic) bond motifs is 3. The molecule has 0 spiro atoms. The van der Waals surface area contributed by atoms with E-state index in [2.05, 4.69) is 4.74 Å². The molecule has 1 aromatic carbocycles. The maximum Gasteiger partial charge on any atom is 0.342 e. The molecule has 2 aliphatic heterocycles. The molecule has 156 valence electrons. The number of hydrogen-bond donors (Lipinski definition) is 0. The van der Waals surface area contributed by atoms with Gasteiger partial charge in [0.25, 0.3) is 4.58 Å². The molecule has 2 aliphatic rings. The minimum Gasteiger partial charge on any atom is -0.467 e. The predicted molar refractivity (Wildman–Crippen MR) is 98.1 cm³/mol. The molecule has 0 aliphatic carbocycles. The Morgan fingerprint density at radius 1 is 1.25 bits per heavy atom. The zero-order valence-corrected chi connectivity index (χ0v) is 17.2. The Morgan fingerprint density at radius 3 is 2.64 bits per heavy atom. The van der Waals surface area contributed by atoms with E-state index in [1.807, 2.05) is 6.92 Å². The van der Waals surface area contributed by atoms with Crippen molar-refractivity contribution in [2.45, 2.75) is 47.8 Å². The molecule has 3 atom stereocenters. The molecule has 0 amide bonds. The van der Waals surface area contributed by atoms with E-state index < -0.39 is 36.5 Å². The van der Waals surface area contributed by atoms with Crippen LogP contribution in [0, 0.1) is 0 Å². The van der Waals surface area contributed by atoms with Crippen molar-refractivity contribution in [2.24, 2.45) is 0 Å². The average molecular weight is 434 g/mol. The average Bonchev–Trinajstić information content (AvgIpc) is 3.02. The highest BCUT2D eigenvalue weighted by Crippen LogP contribution is 2.41. The lowest BCUT2D eigenvalue weighted by Gasteiger charge is -2.29. The van der Waals surface area contributed by atoms with Gasteiger partial charge in [0.05, 0.1) is 30.7 Å². The molecule has 28 heavy (non-hydrogen) atoms. The van der Waals surface area contributed by atoms with Crippen molar-refractivity contribution in [3.63, 3.8) is 0 Å². The van der Waals surface area contributed by atoms with Crippen LogP contribution in [-0.4, -0.2) is 58.8 Å². The number of ether oxygens (including phenoxy) is 2. The standard InChI is InChI=1S/C17H23NO8S2/c1-3-4-9-25-12-10-14-13-7-5-6-8-15(13)27(20,21)17(16(19)24-2)28(22,23)26-18(14)11-12/h5-8,12,14,17H,3-4,9-11H2,1-2H3/t12-,14-,17?/m1/s1. The summed E-state index contributed by atoms with van der Waals surface area (Å²) in [6.07, 6.45) is 1.86. The molecule has 0 radical (unpaired) electrons. The zero-order chi connectivity index (χ0) is 20.5. The summed E-state index contributed by atoms with van der Waals surface area (Å²) >= 11 is 0. The molecule has 3 rings (SSSR count). The van der Waals surface area contributed by atoms with Crippen molar-refractivity contribution in [3.05, 3.63) is 29.8 Å². The van der Waals surface area contributed by atoms with Gasteiger partial charge in [0.1, 0.15) is 0 Å². The Bertz CT molecular complexity index is 944. The summed E-state index contributed by atoms with van der Waals surface area (Å²) in [6, 6.07) is 5.39. The first kappa shape index (κ1) is 21.2. The third kappa shape index (κ3) is 3.81. The van der Waals surface area contributed by atoms with E-state index in [1.54, 1.807) is 12.1 Å². The first-order valence-corrected chi connectivity index (χ1v) is 12.0. The monoisotopic (exact) mass is 433 g/mol. The lowest BCUT2D eigenvalue weighted by Crippen LogP contribution is -2.45. The minimum absolute atomic E-state index is 0.135. The second-order valence-corrected chi connectivity index (χ2v) is 10.6. The molecule has 11 heteroatoms. The number of esters is 1. The Labute approximate surface area is 164 Å². The fourth-order valence-electron chi connectivity index (χ4n) is 3.45. The van der Waals surface area contributed by atoms with Crippen LogP contribution in [0.1, 0.15) is 37.8 Å². The second kappa shape index (κ2) is 8.07. The van der Waals surface area contributed by atoms with Crippen LogP contribution in [0.15, 0.2) is 29.2 Å². The van der Waals surface area contributed by atoms with Crippen LogP contribution in [0.4, 0.5) is 0 Å². The van der Waals surface area contributed by atoms with E-state index in [-0.39, 0.29) is 17.5 Å². The van der Waals surface area contributed by atoms with Crippen LogP contribution < -0.4 is 0 Å². The number of hydroxylamine groups is 2. The highest BCUT2D eigenvalue weighted by molar-refractivity contribution is 8.08. The lowest BCUT2D eigenvalue weighted by molar-refractivity contribution is -0.139. The summed E-state index contributed by atoms with van der Waals surface area (Å²) in [6.45, 7) is 2.68. The van der Waals surface area contributed by atoms with Gasteiger partial charge in [-0.05, 0) is 24.5 Å². The molecule has 1 unspecified atom stereocenters. The van der Waals surface area contributed by atoms with Crippen molar-refractivity contribution in [3.8, 4) is 0 Å². The van der Waals surface area contributed by atoms with E-state index in [0.717, 1.165) is 20.0 Å². The van der Waals surface area contributed by atoms with Crippen molar-refractivity contribution < 1.29 is 35.4 Å². The molecule has 1 aromatic rings. The van der Waals surface area contributed by atoms with Gasteiger partial charge < -0.3 is 9.47 Å². The SMILES string of the molecule is CCCCO[C@@H]1C[C@@H]2c3ccccc3S(=O)(=O)C(C(=O)OC)S(=O)(=O)ON2C1. The van der Waals surface area contributed by atoms with E-state index >= 15 is 0 Å². The first-order valence-electron chi connectivity index (χ1n) is 8.94. The molecule has 1 saturated heterocycles. The zero-order valence-electron chi connectivity index (χ0n) is 15.6.